The Labute approximate surface area is 130 Å². The monoisotopic (exact) mass is 305 g/mol. The quantitative estimate of drug-likeness (QED) is 0.854. The number of aromatic nitrogens is 2. The molecule has 1 saturated heterocycles. The molecular weight excluding hydrogens is 282 g/mol. The summed E-state index contributed by atoms with van der Waals surface area (Å²) in [5.41, 5.74) is 1.12. The van der Waals surface area contributed by atoms with Crippen molar-refractivity contribution in [1.29, 1.82) is 0 Å². The maximum atomic E-state index is 9.04. The van der Waals surface area contributed by atoms with Crippen LogP contribution < -0.4 is 5.32 Å². The van der Waals surface area contributed by atoms with Crippen LogP contribution in [0.3, 0.4) is 0 Å². The first-order chi connectivity index (χ1) is 10.8. The molecule has 3 heterocycles. The Morgan fingerprint density at radius 2 is 2.27 bits per heavy atom. The van der Waals surface area contributed by atoms with Gasteiger partial charge >= 0.3 is 0 Å². The van der Waals surface area contributed by atoms with E-state index in [1.165, 1.54) is 0 Å². The van der Waals surface area contributed by atoms with Crippen LogP contribution in [0, 0.1) is 0 Å². The molecule has 0 aliphatic carbocycles. The van der Waals surface area contributed by atoms with E-state index in [1.54, 1.807) is 6.07 Å². The summed E-state index contributed by atoms with van der Waals surface area (Å²) in [5, 5.41) is 16.9. The van der Waals surface area contributed by atoms with Crippen LogP contribution in [0.4, 0.5) is 0 Å². The molecule has 1 aliphatic rings. The van der Waals surface area contributed by atoms with Crippen LogP contribution in [-0.2, 0) is 24.4 Å². The predicted octanol–water partition coefficient (Wildman–Crippen LogP) is 2.00. The summed E-state index contributed by atoms with van der Waals surface area (Å²) in [6, 6.07) is 3.94. The smallest absolute Gasteiger partial charge is 0.129 e. The summed E-state index contributed by atoms with van der Waals surface area (Å²) < 4.78 is 13.4. The highest BCUT2D eigenvalue weighted by Crippen LogP contribution is 2.28. The molecule has 1 aliphatic heterocycles. The zero-order chi connectivity index (χ0) is 15.4. The van der Waals surface area contributed by atoms with Gasteiger partial charge in [0.05, 0.1) is 12.7 Å². The van der Waals surface area contributed by atoms with Crippen molar-refractivity contribution < 1.29 is 14.3 Å². The van der Waals surface area contributed by atoms with Crippen LogP contribution in [0.5, 0.6) is 0 Å². The molecule has 1 fully saturated rings. The number of nitrogens with one attached hydrogen (secondary N) is 1. The van der Waals surface area contributed by atoms with Crippen LogP contribution in [-0.4, -0.2) is 27.5 Å². The number of furan rings is 1. The number of rotatable bonds is 6. The van der Waals surface area contributed by atoms with Crippen molar-refractivity contribution in [2.45, 2.75) is 51.6 Å². The van der Waals surface area contributed by atoms with Gasteiger partial charge in [0.25, 0.3) is 0 Å². The van der Waals surface area contributed by atoms with E-state index in [4.69, 9.17) is 14.3 Å². The van der Waals surface area contributed by atoms with Crippen LogP contribution in [0.25, 0.3) is 0 Å². The predicted molar refractivity (Wildman–Crippen MR) is 81.1 cm³/mol. The number of aryl methyl sites for hydroxylation is 1. The topological polar surface area (TPSA) is 72.5 Å². The molecule has 3 rings (SSSR count). The van der Waals surface area contributed by atoms with Gasteiger partial charge in [0.1, 0.15) is 24.2 Å². The van der Waals surface area contributed by atoms with Gasteiger partial charge < -0.3 is 19.6 Å². The number of hydrogen-bond acceptors (Lipinski definition) is 5. The Bertz CT molecular complexity index is 593. The molecule has 6 nitrogen and oxygen atoms in total. The van der Waals surface area contributed by atoms with Crippen LogP contribution in [0.2, 0.25) is 0 Å². The van der Waals surface area contributed by atoms with Crippen molar-refractivity contribution in [3.63, 3.8) is 0 Å². The third-order valence-corrected chi connectivity index (χ3v) is 4.04. The van der Waals surface area contributed by atoms with E-state index in [2.05, 4.69) is 23.5 Å². The van der Waals surface area contributed by atoms with Crippen LogP contribution in [0.15, 0.2) is 28.9 Å². The van der Waals surface area contributed by atoms with Crippen molar-refractivity contribution in [2.24, 2.45) is 0 Å². The van der Waals surface area contributed by atoms with Crippen molar-refractivity contribution in [1.82, 2.24) is 15.1 Å². The van der Waals surface area contributed by atoms with Crippen molar-refractivity contribution >= 4 is 0 Å². The van der Waals surface area contributed by atoms with Gasteiger partial charge in [0, 0.05) is 31.0 Å². The van der Waals surface area contributed by atoms with E-state index in [0.717, 1.165) is 37.3 Å². The summed E-state index contributed by atoms with van der Waals surface area (Å²) >= 11 is 0. The van der Waals surface area contributed by atoms with Crippen molar-refractivity contribution in [3.05, 3.63) is 41.6 Å². The number of ether oxygens (including phenoxy) is 1. The number of hydrogen-bond donors (Lipinski definition) is 2. The first-order valence-corrected chi connectivity index (χ1v) is 7.86. The van der Waals surface area contributed by atoms with Gasteiger partial charge in [0.2, 0.25) is 0 Å². The summed E-state index contributed by atoms with van der Waals surface area (Å²) in [6.45, 7) is 4.29. The molecule has 2 aromatic heterocycles. The molecule has 6 heteroatoms. The first kappa shape index (κ1) is 15.3. The molecule has 0 radical (unpaired) electrons. The lowest BCUT2D eigenvalue weighted by molar-refractivity contribution is -0.0116. The van der Waals surface area contributed by atoms with Crippen molar-refractivity contribution in [3.8, 4) is 0 Å². The maximum absolute atomic E-state index is 9.04. The van der Waals surface area contributed by atoms with Gasteiger partial charge in [-0.05, 0) is 31.9 Å². The highest BCUT2D eigenvalue weighted by molar-refractivity contribution is 5.13. The number of nitrogens with zero attached hydrogens (tertiary/aromatic N) is 2. The van der Waals surface area contributed by atoms with Gasteiger partial charge in [-0.2, -0.15) is 5.10 Å². The van der Waals surface area contributed by atoms with E-state index >= 15 is 0 Å². The molecule has 0 spiro atoms. The highest BCUT2D eigenvalue weighted by Gasteiger charge is 2.28. The lowest BCUT2D eigenvalue weighted by Crippen LogP contribution is -2.38. The Morgan fingerprint density at radius 3 is 3.00 bits per heavy atom. The minimum atomic E-state index is -0.0641. The lowest BCUT2D eigenvalue weighted by Gasteiger charge is -2.31. The average molecular weight is 305 g/mol. The Balaban J connectivity index is 1.64. The largest absolute Gasteiger partial charge is 0.462 e. The third-order valence-electron chi connectivity index (χ3n) is 4.04. The van der Waals surface area contributed by atoms with Gasteiger partial charge in [-0.3, -0.25) is 4.68 Å². The molecule has 2 N–H and O–H groups in total. The number of aliphatic hydroxyl groups excluding tert-OH is 1. The molecule has 22 heavy (non-hydrogen) atoms. The van der Waals surface area contributed by atoms with Gasteiger partial charge in [0.15, 0.2) is 0 Å². The zero-order valence-electron chi connectivity index (χ0n) is 12.9. The Hall–Kier alpha value is -1.63. The molecule has 2 atom stereocenters. The van der Waals surface area contributed by atoms with E-state index < -0.39 is 0 Å². The average Bonchev–Trinajstić information content (AvgIpc) is 3.22. The zero-order valence-corrected chi connectivity index (χ0v) is 12.9. The lowest BCUT2D eigenvalue weighted by atomic mass is 9.98. The molecular formula is C16H23N3O3. The molecule has 120 valence electrons. The second kappa shape index (κ2) is 7.09. The molecule has 0 bridgehead atoms. The number of aliphatic hydroxyl groups is 1. The second-order valence-corrected chi connectivity index (χ2v) is 5.58. The summed E-state index contributed by atoms with van der Waals surface area (Å²) in [4.78, 5) is 0. The standard InChI is InChI=1S/C16H23N3O3/c1-2-19-10-12(8-18-19)16-15(4-3-7-21-16)17-9-13-5-6-14(11-20)22-13/h5-6,8,10,15-17,20H,2-4,7,9,11H2,1H3/t15-,16+/m0/s1. The summed E-state index contributed by atoms with van der Waals surface area (Å²) in [7, 11) is 0. The van der Waals surface area contributed by atoms with E-state index in [0.29, 0.717) is 12.3 Å². The fourth-order valence-corrected chi connectivity index (χ4v) is 2.85. The van der Waals surface area contributed by atoms with Crippen LogP contribution >= 0.6 is 0 Å². The molecule has 0 unspecified atom stereocenters. The Kier molecular flexibility index (Phi) is 4.92. The first-order valence-electron chi connectivity index (χ1n) is 7.86. The van der Waals surface area contributed by atoms with Crippen LogP contribution in [0.1, 0.15) is 43.0 Å². The SMILES string of the molecule is CCn1cc([C@H]2OCCC[C@@H]2NCc2ccc(CO)o2)cn1. The van der Waals surface area contributed by atoms with Gasteiger partial charge in [-0.15, -0.1) is 0 Å². The molecule has 0 saturated carbocycles. The van der Waals surface area contributed by atoms with E-state index in [9.17, 15) is 0 Å². The summed E-state index contributed by atoms with van der Waals surface area (Å²) in [6.07, 6.45) is 6.10. The second-order valence-electron chi connectivity index (χ2n) is 5.58. The fraction of sp³-hybridized carbons (Fsp3) is 0.562. The maximum Gasteiger partial charge on any atom is 0.129 e. The minimum absolute atomic E-state index is 0.0290. The molecule has 2 aromatic rings. The summed E-state index contributed by atoms with van der Waals surface area (Å²) in [5.74, 6) is 1.43. The highest BCUT2D eigenvalue weighted by atomic mass is 16.5. The van der Waals surface area contributed by atoms with E-state index in [-0.39, 0.29) is 18.8 Å². The normalized spacial score (nSPS) is 22.1. The fourth-order valence-electron chi connectivity index (χ4n) is 2.85. The van der Waals surface area contributed by atoms with Crippen molar-refractivity contribution in [2.75, 3.05) is 6.61 Å². The van der Waals surface area contributed by atoms with Gasteiger partial charge in [-0.1, -0.05) is 0 Å². The third kappa shape index (κ3) is 3.40. The molecule has 0 amide bonds. The van der Waals surface area contributed by atoms with Gasteiger partial charge in [-0.25, -0.2) is 0 Å². The molecule has 0 aromatic carbocycles. The minimum Gasteiger partial charge on any atom is -0.462 e. The van der Waals surface area contributed by atoms with E-state index in [1.807, 2.05) is 16.9 Å². The Morgan fingerprint density at radius 1 is 1.41 bits per heavy atom.